The molecule has 1 rings (SSSR count). The van der Waals surface area contributed by atoms with E-state index in [1.165, 1.54) is 11.9 Å². The van der Waals surface area contributed by atoms with Gasteiger partial charge in [-0.3, -0.25) is 5.14 Å². The number of alkyl halides is 1. The molecule has 0 radical (unpaired) electrons. The summed E-state index contributed by atoms with van der Waals surface area (Å²) < 4.78 is -0.156. The second kappa shape index (κ2) is 5.67. The first-order chi connectivity index (χ1) is 7.40. The Morgan fingerprint density at radius 2 is 2.12 bits per heavy atom. The number of hydrogen-bond acceptors (Lipinski definition) is 3. The Morgan fingerprint density at radius 1 is 1.50 bits per heavy atom. The van der Waals surface area contributed by atoms with E-state index < -0.39 is 0 Å². The summed E-state index contributed by atoms with van der Waals surface area (Å²) in [7, 11) is 0. The summed E-state index contributed by atoms with van der Waals surface area (Å²) in [5, 5.41) is 5.72. The molecule has 1 aromatic rings. The van der Waals surface area contributed by atoms with Crippen LogP contribution in [0.2, 0.25) is 0 Å². The van der Waals surface area contributed by atoms with E-state index in [1.807, 2.05) is 0 Å². The highest BCUT2D eigenvalue weighted by molar-refractivity contribution is 7.97. The second-order valence-corrected chi connectivity index (χ2v) is 6.63. The first-order valence-electron chi connectivity index (χ1n) is 5.27. The maximum Gasteiger partial charge on any atom is 0.0594 e. The molecule has 0 heterocycles. The smallest absolute Gasteiger partial charge is 0.0594 e. The SMILES string of the molecule is CCC(Cl)c1ccc(C(C)(C)S)cc1SN. The van der Waals surface area contributed by atoms with Crippen molar-refractivity contribution in [2.75, 3.05) is 0 Å². The first-order valence-corrected chi connectivity index (χ1v) is 7.04. The van der Waals surface area contributed by atoms with Gasteiger partial charge in [0.2, 0.25) is 0 Å². The maximum absolute atomic E-state index is 6.25. The van der Waals surface area contributed by atoms with Crippen LogP contribution in [0.1, 0.15) is 43.7 Å². The Bertz CT molecular complexity index is 361. The predicted octanol–water partition coefficient (Wildman–Crippen LogP) is 4.51. The van der Waals surface area contributed by atoms with Gasteiger partial charge in [0.05, 0.1) is 5.38 Å². The van der Waals surface area contributed by atoms with E-state index in [4.69, 9.17) is 16.7 Å². The van der Waals surface area contributed by atoms with Crippen LogP contribution in [0.25, 0.3) is 0 Å². The lowest BCUT2D eigenvalue weighted by molar-refractivity contribution is 0.781. The molecule has 1 aromatic carbocycles. The van der Waals surface area contributed by atoms with Crippen LogP contribution in [0, 0.1) is 0 Å². The van der Waals surface area contributed by atoms with Crippen LogP contribution in [-0.2, 0) is 4.75 Å². The molecule has 1 atom stereocenters. The molecule has 0 aliphatic carbocycles. The normalized spacial score (nSPS) is 13.9. The molecule has 0 bridgehead atoms. The average molecular weight is 276 g/mol. The average Bonchev–Trinajstić information content (AvgIpc) is 2.26. The van der Waals surface area contributed by atoms with Gasteiger partial charge in [0.15, 0.2) is 0 Å². The molecule has 0 aliphatic heterocycles. The van der Waals surface area contributed by atoms with Crippen LogP contribution in [0.3, 0.4) is 0 Å². The van der Waals surface area contributed by atoms with Crippen LogP contribution in [-0.4, -0.2) is 0 Å². The number of rotatable bonds is 4. The summed E-state index contributed by atoms with van der Waals surface area (Å²) >= 11 is 12.1. The van der Waals surface area contributed by atoms with E-state index in [1.54, 1.807) is 0 Å². The zero-order valence-electron chi connectivity index (χ0n) is 9.83. The molecule has 1 nitrogen and oxygen atoms in total. The number of benzene rings is 1. The Labute approximate surface area is 113 Å². The first kappa shape index (κ1) is 14.2. The van der Waals surface area contributed by atoms with Crippen LogP contribution >= 0.6 is 36.2 Å². The number of hydrogen-bond donors (Lipinski definition) is 2. The minimum absolute atomic E-state index is 0.0307. The number of thiol groups is 1. The van der Waals surface area contributed by atoms with Crippen molar-refractivity contribution in [3.63, 3.8) is 0 Å². The molecule has 0 fully saturated rings. The van der Waals surface area contributed by atoms with Gasteiger partial charge in [-0.25, -0.2) is 0 Å². The molecule has 0 aromatic heterocycles. The highest BCUT2D eigenvalue weighted by Crippen LogP contribution is 2.35. The van der Waals surface area contributed by atoms with E-state index in [-0.39, 0.29) is 10.1 Å². The standard InChI is InChI=1S/C12H18ClNS2/c1-4-10(13)9-6-5-8(12(2,3)15)7-11(9)16-14/h5-7,10,15H,4,14H2,1-3H3. The van der Waals surface area contributed by atoms with Gasteiger partial charge >= 0.3 is 0 Å². The van der Waals surface area contributed by atoms with Gasteiger partial charge in [0.1, 0.15) is 0 Å². The van der Waals surface area contributed by atoms with E-state index in [0.717, 1.165) is 22.4 Å². The molecule has 0 amide bonds. The molecular weight excluding hydrogens is 258 g/mol. The van der Waals surface area contributed by atoms with Crippen LogP contribution in [0.5, 0.6) is 0 Å². The fourth-order valence-electron chi connectivity index (χ4n) is 1.50. The van der Waals surface area contributed by atoms with Gasteiger partial charge in [-0.05, 0) is 49.4 Å². The summed E-state index contributed by atoms with van der Waals surface area (Å²) in [6, 6.07) is 6.22. The van der Waals surface area contributed by atoms with Crippen molar-refractivity contribution in [1.29, 1.82) is 0 Å². The predicted molar refractivity (Wildman–Crippen MR) is 77.4 cm³/mol. The summed E-state index contributed by atoms with van der Waals surface area (Å²) in [4.78, 5) is 1.04. The van der Waals surface area contributed by atoms with E-state index in [0.29, 0.717) is 0 Å². The third-order valence-electron chi connectivity index (χ3n) is 2.54. The van der Waals surface area contributed by atoms with E-state index in [2.05, 4.69) is 51.6 Å². The second-order valence-electron chi connectivity index (χ2n) is 4.31. The van der Waals surface area contributed by atoms with Crippen molar-refractivity contribution < 1.29 is 0 Å². The van der Waals surface area contributed by atoms with Crippen molar-refractivity contribution in [2.24, 2.45) is 5.14 Å². The summed E-state index contributed by atoms with van der Waals surface area (Å²) in [5.41, 5.74) is 2.27. The van der Waals surface area contributed by atoms with Crippen molar-refractivity contribution in [3.05, 3.63) is 29.3 Å². The molecular formula is C12H18ClNS2. The van der Waals surface area contributed by atoms with Gasteiger partial charge in [-0.2, -0.15) is 12.6 Å². The van der Waals surface area contributed by atoms with Crippen molar-refractivity contribution in [2.45, 2.75) is 42.2 Å². The highest BCUT2D eigenvalue weighted by atomic mass is 35.5. The lowest BCUT2D eigenvalue weighted by atomic mass is 9.99. The van der Waals surface area contributed by atoms with E-state index >= 15 is 0 Å². The molecule has 0 spiro atoms. The molecule has 90 valence electrons. The molecule has 2 N–H and O–H groups in total. The van der Waals surface area contributed by atoms with Crippen LogP contribution in [0.4, 0.5) is 0 Å². The van der Waals surface area contributed by atoms with Crippen LogP contribution < -0.4 is 5.14 Å². The Kier molecular flexibility index (Phi) is 5.05. The maximum atomic E-state index is 6.25. The van der Waals surface area contributed by atoms with Gasteiger partial charge in [0.25, 0.3) is 0 Å². The summed E-state index contributed by atoms with van der Waals surface area (Å²) in [6.45, 7) is 6.20. The van der Waals surface area contributed by atoms with Crippen molar-refractivity contribution in [3.8, 4) is 0 Å². The third-order valence-corrected chi connectivity index (χ3v) is 3.95. The Balaban J connectivity index is 3.17. The van der Waals surface area contributed by atoms with Gasteiger partial charge in [0, 0.05) is 9.64 Å². The van der Waals surface area contributed by atoms with Crippen LogP contribution in [0.15, 0.2) is 23.1 Å². The highest BCUT2D eigenvalue weighted by Gasteiger charge is 2.18. The minimum Gasteiger partial charge on any atom is -0.274 e. The summed E-state index contributed by atoms with van der Waals surface area (Å²) in [5.74, 6) is 0. The molecule has 16 heavy (non-hydrogen) atoms. The fraction of sp³-hybridized carbons (Fsp3) is 0.500. The summed E-state index contributed by atoms with van der Waals surface area (Å²) in [6.07, 6.45) is 0.902. The van der Waals surface area contributed by atoms with Gasteiger partial charge < -0.3 is 0 Å². The molecule has 0 saturated carbocycles. The molecule has 4 heteroatoms. The molecule has 0 aliphatic rings. The minimum atomic E-state index is -0.156. The van der Waals surface area contributed by atoms with Gasteiger partial charge in [-0.15, -0.1) is 11.6 Å². The van der Waals surface area contributed by atoms with Gasteiger partial charge in [-0.1, -0.05) is 19.1 Å². The van der Waals surface area contributed by atoms with Crippen molar-refractivity contribution in [1.82, 2.24) is 0 Å². The largest absolute Gasteiger partial charge is 0.274 e. The third kappa shape index (κ3) is 3.33. The van der Waals surface area contributed by atoms with Crippen molar-refractivity contribution >= 4 is 36.2 Å². The fourth-order valence-corrected chi connectivity index (χ4v) is 2.43. The lowest BCUT2D eigenvalue weighted by Gasteiger charge is -2.21. The Hall–Kier alpha value is 0.170. The molecule has 1 unspecified atom stereocenters. The lowest BCUT2D eigenvalue weighted by Crippen LogP contribution is -2.08. The Morgan fingerprint density at radius 3 is 2.56 bits per heavy atom. The zero-order chi connectivity index (χ0) is 12.3. The van der Waals surface area contributed by atoms with E-state index in [9.17, 15) is 0 Å². The topological polar surface area (TPSA) is 26.0 Å². The zero-order valence-corrected chi connectivity index (χ0v) is 12.3. The number of halogens is 1. The molecule has 0 saturated heterocycles. The quantitative estimate of drug-likeness (QED) is 0.480. The number of nitrogens with two attached hydrogens (primary N) is 1. The monoisotopic (exact) mass is 275 g/mol.